The van der Waals surface area contributed by atoms with Gasteiger partial charge in [0.05, 0.1) is 0 Å². The molecule has 13 heavy (non-hydrogen) atoms. The summed E-state index contributed by atoms with van der Waals surface area (Å²) in [7, 11) is 9.95. The number of halogens is 1. The molecule has 1 aromatic rings. The largest absolute Gasteiger partial charge is 0.265 e. The van der Waals surface area contributed by atoms with Crippen LogP contribution < -0.4 is 0 Å². The number of rotatable bonds is 3. The van der Waals surface area contributed by atoms with Crippen molar-refractivity contribution in [1.82, 2.24) is 15.2 Å². The van der Waals surface area contributed by atoms with Gasteiger partial charge in [0, 0.05) is 17.8 Å². The molecule has 0 atom stereocenters. The molecular weight excluding hydrogens is 167 g/mol. The Balaban J connectivity index is 2.70. The van der Waals surface area contributed by atoms with Gasteiger partial charge in [0.15, 0.2) is 5.82 Å². The van der Waals surface area contributed by atoms with Crippen molar-refractivity contribution >= 4 is 15.7 Å². The molecule has 1 N–H and O–H groups in total. The Labute approximate surface area is 79.3 Å². The summed E-state index contributed by atoms with van der Waals surface area (Å²) >= 11 is 0. The number of hydrogen-bond acceptors (Lipinski definition) is 2. The SMILES string of the molecule is [B]C([B])(F)Cc1nc(C(C)C)n[nH]1. The fourth-order valence-corrected chi connectivity index (χ4v) is 0.904. The van der Waals surface area contributed by atoms with Crippen molar-refractivity contribution in [2.45, 2.75) is 31.7 Å². The number of nitrogens with zero attached hydrogens (tertiary/aromatic N) is 2. The fraction of sp³-hybridized carbons (Fsp3) is 0.714. The molecule has 0 bridgehead atoms. The van der Waals surface area contributed by atoms with Crippen LogP contribution in [0.3, 0.4) is 0 Å². The smallest absolute Gasteiger partial charge is 0.153 e. The molecule has 0 fully saturated rings. The van der Waals surface area contributed by atoms with Gasteiger partial charge in [0.2, 0.25) is 0 Å². The highest BCUT2D eigenvalue weighted by Crippen LogP contribution is 2.11. The lowest BCUT2D eigenvalue weighted by atomic mass is 9.65. The number of aromatic amines is 1. The highest BCUT2D eigenvalue weighted by molar-refractivity contribution is 6.39. The van der Waals surface area contributed by atoms with Crippen LogP contribution in [-0.2, 0) is 6.42 Å². The molecule has 0 saturated heterocycles. The van der Waals surface area contributed by atoms with E-state index in [2.05, 4.69) is 15.2 Å². The second-order valence-electron chi connectivity index (χ2n) is 3.40. The Bertz CT molecular complexity index is 280. The Morgan fingerprint density at radius 3 is 2.54 bits per heavy atom. The molecular formula is C7H10B2FN3. The first-order chi connectivity index (χ1) is 5.88. The van der Waals surface area contributed by atoms with Crippen LogP contribution in [0.25, 0.3) is 0 Å². The molecule has 4 radical (unpaired) electrons. The summed E-state index contributed by atoms with van der Waals surface area (Å²) in [5, 5.41) is 6.47. The average Bonchev–Trinajstić information content (AvgIpc) is 2.31. The first-order valence-electron chi connectivity index (χ1n) is 4.06. The molecule has 0 saturated carbocycles. The molecule has 1 aromatic heterocycles. The van der Waals surface area contributed by atoms with Crippen LogP contribution in [0.1, 0.15) is 31.4 Å². The Kier molecular flexibility index (Phi) is 2.78. The molecule has 3 nitrogen and oxygen atoms in total. The minimum Gasteiger partial charge on any atom is -0.265 e. The molecule has 0 unspecified atom stereocenters. The van der Waals surface area contributed by atoms with Crippen LogP contribution in [0.4, 0.5) is 4.39 Å². The topological polar surface area (TPSA) is 41.6 Å². The lowest BCUT2D eigenvalue weighted by Crippen LogP contribution is -2.26. The lowest BCUT2D eigenvalue weighted by molar-refractivity contribution is 0.383. The predicted octanol–water partition coefficient (Wildman–Crippen LogP) is 0.431. The van der Waals surface area contributed by atoms with E-state index in [4.69, 9.17) is 15.7 Å². The van der Waals surface area contributed by atoms with Gasteiger partial charge in [-0.15, -0.1) is 0 Å². The Morgan fingerprint density at radius 1 is 1.54 bits per heavy atom. The number of aromatic nitrogens is 3. The van der Waals surface area contributed by atoms with E-state index < -0.39 is 5.47 Å². The minimum atomic E-state index is -2.23. The molecule has 0 aliphatic carbocycles. The van der Waals surface area contributed by atoms with Crippen molar-refractivity contribution < 1.29 is 4.39 Å². The molecule has 0 spiro atoms. The van der Waals surface area contributed by atoms with Crippen LogP contribution in [0.2, 0.25) is 0 Å². The summed E-state index contributed by atoms with van der Waals surface area (Å²) in [5.74, 6) is 1.21. The van der Waals surface area contributed by atoms with E-state index in [0.717, 1.165) is 0 Å². The minimum absolute atomic E-state index is 0.160. The van der Waals surface area contributed by atoms with Crippen LogP contribution >= 0.6 is 0 Å². The van der Waals surface area contributed by atoms with Crippen LogP contribution in [0.15, 0.2) is 0 Å². The summed E-state index contributed by atoms with van der Waals surface area (Å²) in [6.45, 7) is 3.89. The third-order valence-electron chi connectivity index (χ3n) is 1.50. The van der Waals surface area contributed by atoms with Crippen LogP contribution in [-0.4, -0.2) is 36.3 Å². The summed E-state index contributed by atoms with van der Waals surface area (Å²) in [5.41, 5.74) is -2.23. The van der Waals surface area contributed by atoms with Gasteiger partial charge in [-0.05, 0) is 0 Å². The molecule has 0 aliphatic heterocycles. The van der Waals surface area contributed by atoms with Gasteiger partial charge in [-0.1, -0.05) is 13.8 Å². The van der Waals surface area contributed by atoms with Crippen molar-refractivity contribution in [2.24, 2.45) is 0 Å². The molecule has 0 aliphatic rings. The second kappa shape index (κ2) is 3.52. The normalized spacial score (nSPS) is 12.3. The first kappa shape index (κ1) is 10.3. The maximum Gasteiger partial charge on any atom is 0.153 e. The first-order valence-corrected chi connectivity index (χ1v) is 4.06. The monoisotopic (exact) mass is 177 g/mol. The van der Waals surface area contributed by atoms with E-state index in [-0.39, 0.29) is 12.3 Å². The van der Waals surface area contributed by atoms with Gasteiger partial charge >= 0.3 is 0 Å². The van der Waals surface area contributed by atoms with Gasteiger partial charge in [0.1, 0.15) is 21.5 Å². The highest BCUT2D eigenvalue weighted by Gasteiger charge is 2.18. The number of nitrogens with one attached hydrogen (secondary N) is 1. The maximum atomic E-state index is 12.8. The van der Waals surface area contributed by atoms with E-state index >= 15 is 0 Å². The fourth-order valence-electron chi connectivity index (χ4n) is 0.904. The summed E-state index contributed by atoms with van der Waals surface area (Å²) in [6, 6.07) is 0. The van der Waals surface area contributed by atoms with Gasteiger partial charge in [-0.25, -0.2) is 4.98 Å². The van der Waals surface area contributed by atoms with Crippen LogP contribution in [0, 0.1) is 0 Å². The second-order valence-corrected chi connectivity index (χ2v) is 3.40. The highest BCUT2D eigenvalue weighted by atomic mass is 19.1. The Morgan fingerprint density at radius 2 is 2.15 bits per heavy atom. The van der Waals surface area contributed by atoms with Crippen molar-refractivity contribution in [3.8, 4) is 0 Å². The molecule has 1 rings (SSSR count). The third kappa shape index (κ3) is 3.20. The van der Waals surface area contributed by atoms with Gasteiger partial charge in [-0.2, -0.15) is 5.10 Å². The van der Waals surface area contributed by atoms with Gasteiger partial charge in [0.25, 0.3) is 0 Å². The average molecular weight is 177 g/mol. The van der Waals surface area contributed by atoms with Gasteiger partial charge in [-0.3, -0.25) is 9.49 Å². The van der Waals surface area contributed by atoms with Crippen molar-refractivity contribution in [3.63, 3.8) is 0 Å². The van der Waals surface area contributed by atoms with E-state index in [1.54, 1.807) is 0 Å². The van der Waals surface area contributed by atoms with E-state index in [9.17, 15) is 4.39 Å². The maximum absolute atomic E-state index is 12.8. The number of H-pyrrole nitrogens is 1. The number of hydrogen-bond donors (Lipinski definition) is 1. The van der Waals surface area contributed by atoms with Crippen LogP contribution in [0.5, 0.6) is 0 Å². The standard InChI is InChI=1S/C7H10B2FN3/c1-4(2)6-11-5(12-13-6)3-7(8,9)10/h4H,3H2,1-2H3,(H,11,12,13). The quantitative estimate of drug-likeness (QED) is 0.679. The zero-order chi connectivity index (χ0) is 10.1. The summed E-state index contributed by atoms with van der Waals surface area (Å²) in [4.78, 5) is 4.03. The van der Waals surface area contributed by atoms with Crippen molar-refractivity contribution in [3.05, 3.63) is 11.6 Å². The molecule has 66 valence electrons. The summed E-state index contributed by atoms with van der Waals surface area (Å²) in [6.07, 6.45) is -0.160. The molecule has 1 heterocycles. The zero-order valence-corrected chi connectivity index (χ0v) is 7.71. The zero-order valence-electron chi connectivity index (χ0n) is 7.71. The molecule has 0 amide bonds. The van der Waals surface area contributed by atoms with Gasteiger partial charge < -0.3 is 0 Å². The van der Waals surface area contributed by atoms with Crippen molar-refractivity contribution in [1.29, 1.82) is 0 Å². The van der Waals surface area contributed by atoms with Crippen molar-refractivity contribution in [2.75, 3.05) is 0 Å². The third-order valence-corrected chi connectivity index (χ3v) is 1.50. The number of alkyl halides is 1. The summed E-state index contributed by atoms with van der Waals surface area (Å²) < 4.78 is 12.8. The lowest BCUT2D eigenvalue weighted by Gasteiger charge is -2.11. The van der Waals surface area contributed by atoms with E-state index in [1.165, 1.54) is 0 Å². The Hall–Kier alpha value is -0.800. The predicted molar refractivity (Wildman–Crippen MR) is 49.5 cm³/mol. The van der Waals surface area contributed by atoms with E-state index in [1.807, 2.05) is 13.8 Å². The molecule has 0 aromatic carbocycles. The molecule has 6 heteroatoms. The van der Waals surface area contributed by atoms with E-state index in [0.29, 0.717) is 11.6 Å².